The normalized spacial score (nSPS) is 18.7. The number of amides is 1. The molecule has 0 aliphatic carbocycles. The van der Waals surface area contributed by atoms with Gasteiger partial charge in [-0.3, -0.25) is 0 Å². The number of benzene rings is 1. The lowest BCUT2D eigenvalue weighted by atomic mass is 10.0. The van der Waals surface area contributed by atoms with Crippen molar-refractivity contribution < 1.29 is 18.7 Å². The lowest BCUT2D eigenvalue weighted by Gasteiger charge is -2.36. The molecule has 1 aliphatic rings. The zero-order valence-electron chi connectivity index (χ0n) is 13.8. The molecule has 2 rings (SSSR count). The van der Waals surface area contributed by atoms with Gasteiger partial charge >= 0.3 is 6.09 Å². The molecule has 6 heteroatoms. The minimum Gasteiger partial charge on any atom is -0.488 e. The van der Waals surface area contributed by atoms with E-state index < -0.39 is 11.4 Å². The third kappa shape index (κ3) is 5.37. The minimum atomic E-state index is -0.530. The number of nitrogens with zero attached hydrogens (tertiary/aromatic N) is 1. The molecule has 0 aromatic heterocycles. The van der Waals surface area contributed by atoms with Gasteiger partial charge in [0.2, 0.25) is 0 Å². The average molecular weight is 388 g/mol. The van der Waals surface area contributed by atoms with Gasteiger partial charge in [-0.15, -0.1) is 0 Å². The molecule has 0 spiro atoms. The summed E-state index contributed by atoms with van der Waals surface area (Å²) < 4.78 is 25.5. The van der Waals surface area contributed by atoms with Crippen LogP contribution < -0.4 is 4.74 Å². The molecule has 1 heterocycles. The third-order valence-electron chi connectivity index (χ3n) is 3.58. The molecule has 1 atom stereocenters. The topological polar surface area (TPSA) is 38.8 Å². The number of halogens is 2. The van der Waals surface area contributed by atoms with Gasteiger partial charge < -0.3 is 14.4 Å². The Morgan fingerprint density at radius 1 is 1.39 bits per heavy atom. The summed E-state index contributed by atoms with van der Waals surface area (Å²) in [4.78, 5) is 14.0. The number of carbonyl (C=O) groups is 1. The standard InChI is InChI=1S/C17H23BrFNO3/c1-17(2,3)23-16(21)20-9-5-4-6-13(20)11-22-15-8-7-12(18)10-14(15)19/h7-8,10,13H,4-6,9,11H2,1-3H3. The van der Waals surface area contributed by atoms with Crippen LogP contribution in [0.5, 0.6) is 5.75 Å². The van der Waals surface area contributed by atoms with Crippen LogP contribution in [0.15, 0.2) is 22.7 Å². The van der Waals surface area contributed by atoms with Crippen molar-refractivity contribution in [3.63, 3.8) is 0 Å². The summed E-state index contributed by atoms with van der Waals surface area (Å²) in [5, 5.41) is 0. The van der Waals surface area contributed by atoms with Gasteiger partial charge in [-0.05, 0) is 58.2 Å². The number of hydrogen-bond donors (Lipinski definition) is 0. The summed E-state index contributed by atoms with van der Waals surface area (Å²) in [6.45, 7) is 6.44. The van der Waals surface area contributed by atoms with Crippen molar-refractivity contribution in [3.8, 4) is 5.75 Å². The minimum absolute atomic E-state index is 0.0957. The molecule has 1 aromatic carbocycles. The van der Waals surface area contributed by atoms with E-state index in [1.54, 1.807) is 17.0 Å². The molecule has 128 valence electrons. The first-order chi connectivity index (χ1) is 10.8. The molecule has 1 fully saturated rings. The summed E-state index contributed by atoms with van der Waals surface area (Å²) in [5.74, 6) is -0.220. The van der Waals surface area contributed by atoms with Crippen molar-refractivity contribution in [2.75, 3.05) is 13.2 Å². The maximum atomic E-state index is 13.8. The van der Waals surface area contributed by atoms with Crippen molar-refractivity contribution in [2.45, 2.75) is 51.7 Å². The Morgan fingerprint density at radius 2 is 2.13 bits per heavy atom. The zero-order valence-corrected chi connectivity index (χ0v) is 15.4. The highest BCUT2D eigenvalue weighted by molar-refractivity contribution is 9.10. The van der Waals surface area contributed by atoms with Crippen molar-refractivity contribution in [3.05, 3.63) is 28.5 Å². The zero-order chi connectivity index (χ0) is 17.0. The molecule has 4 nitrogen and oxygen atoms in total. The first-order valence-electron chi connectivity index (χ1n) is 7.84. The molecule has 23 heavy (non-hydrogen) atoms. The molecule has 1 amide bonds. The van der Waals surface area contributed by atoms with Gasteiger partial charge in [0.05, 0.1) is 6.04 Å². The Hall–Kier alpha value is -1.30. The van der Waals surface area contributed by atoms with Crippen LogP contribution in [0.1, 0.15) is 40.0 Å². The van der Waals surface area contributed by atoms with E-state index in [1.165, 1.54) is 6.07 Å². The second kappa shape index (κ2) is 7.51. The number of hydrogen-bond acceptors (Lipinski definition) is 3. The highest BCUT2D eigenvalue weighted by Gasteiger charge is 2.31. The molecular formula is C17H23BrFNO3. The highest BCUT2D eigenvalue weighted by atomic mass is 79.9. The average Bonchev–Trinajstić information content (AvgIpc) is 2.45. The Morgan fingerprint density at radius 3 is 2.78 bits per heavy atom. The number of piperidine rings is 1. The van der Waals surface area contributed by atoms with E-state index in [1.807, 2.05) is 20.8 Å². The van der Waals surface area contributed by atoms with Gasteiger partial charge in [-0.2, -0.15) is 0 Å². The smallest absolute Gasteiger partial charge is 0.410 e. The Balaban J connectivity index is 1.99. The fraction of sp³-hybridized carbons (Fsp3) is 0.588. The Bertz CT molecular complexity index is 559. The van der Waals surface area contributed by atoms with E-state index >= 15 is 0 Å². The molecule has 1 aliphatic heterocycles. The first kappa shape index (κ1) is 18.0. The van der Waals surface area contributed by atoms with Crippen LogP contribution in [0, 0.1) is 5.82 Å². The Kier molecular flexibility index (Phi) is 5.89. The largest absolute Gasteiger partial charge is 0.488 e. The van der Waals surface area contributed by atoms with E-state index in [2.05, 4.69) is 15.9 Å². The number of rotatable bonds is 3. The van der Waals surface area contributed by atoms with Crippen molar-refractivity contribution in [1.29, 1.82) is 0 Å². The molecule has 0 N–H and O–H groups in total. The number of likely N-dealkylation sites (tertiary alicyclic amines) is 1. The Labute approximate surface area is 145 Å². The number of carbonyl (C=O) groups excluding carboxylic acids is 1. The van der Waals surface area contributed by atoms with Gasteiger partial charge in [-0.25, -0.2) is 9.18 Å². The fourth-order valence-corrected chi connectivity index (χ4v) is 2.85. The van der Waals surface area contributed by atoms with E-state index in [-0.39, 0.29) is 24.5 Å². The van der Waals surface area contributed by atoms with Crippen LogP contribution in [0.25, 0.3) is 0 Å². The molecular weight excluding hydrogens is 365 g/mol. The van der Waals surface area contributed by atoms with Crippen molar-refractivity contribution in [2.24, 2.45) is 0 Å². The van der Waals surface area contributed by atoms with Crippen LogP contribution >= 0.6 is 15.9 Å². The van der Waals surface area contributed by atoms with Gasteiger partial charge in [0.1, 0.15) is 12.2 Å². The molecule has 1 unspecified atom stereocenters. The van der Waals surface area contributed by atoms with Crippen molar-refractivity contribution in [1.82, 2.24) is 4.90 Å². The molecule has 1 saturated heterocycles. The maximum Gasteiger partial charge on any atom is 0.410 e. The first-order valence-corrected chi connectivity index (χ1v) is 8.63. The quantitative estimate of drug-likeness (QED) is 0.750. The second-order valence-electron chi connectivity index (χ2n) is 6.71. The van der Waals surface area contributed by atoms with Crippen LogP contribution in [0.4, 0.5) is 9.18 Å². The predicted molar refractivity (Wildman–Crippen MR) is 90.2 cm³/mol. The van der Waals surface area contributed by atoms with E-state index in [0.717, 1.165) is 19.3 Å². The monoisotopic (exact) mass is 387 g/mol. The maximum absolute atomic E-state index is 13.8. The predicted octanol–water partition coefficient (Wildman–Crippen LogP) is 4.76. The third-order valence-corrected chi connectivity index (χ3v) is 4.07. The summed E-state index contributed by atoms with van der Waals surface area (Å²) >= 11 is 3.22. The van der Waals surface area contributed by atoms with E-state index in [0.29, 0.717) is 11.0 Å². The fourth-order valence-electron chi connectivity index (χ4n) is 2.51. The van der Waals surface area contributed by atoms with Crippen LogP contribution in [-0.4, -0.2) is 35.8 Å². The van der Waals surface area contributed by atoms with E-state index in [4.69, 9.17) is 9.47 Å². The molecule has 0 bridgehead atoms. The lowest BCUT2D eigenvalue weighted by molar-refractivity contribution is 0.00343. The van der Waals surface area contributed by atoms with Gasteiger partial charge in [0, 0.05) is 11.0 Å². The highest BCUT2D eigenvalue weighted by Crippen LogP contribution is 2.24. The van der Waals surface area contributed by atoms with Crippen LogP contribution in [-0.2, 0) is 4.74 Å². The second-order valence-corrected chi connectivity index (χ2v) is 7.62. The van der Waals surface area contributed by atoms with Gasteiger partial charge in [0.25, 0.3) is 0 Å². The summed E-state index contributed by atoms with van der Waals surface area (Å²) in [7, 11) is 0. The SMILES string of the molecule is CC(C)(C)OC(=O)N1CCCCC1COc1ccc(Br)cc1F. The summed E-state index contributed by atoms with van der Waals surface area (Å²) in [6, 6.07) is 4.58. The van der Waals surface area contributed by atoms with Gasteiger partial charge in [0.15, 0.2) is 11.6 Å². The van der Waals surface area contributed by atoms with E-state index in [9.17, 15) is 9.18 Å². The van der Waals surface area contributed by atoms with Crippen LogP contribution in [0.3, 0.4) is 0 Å². The summed E-state index contributed by atoms with van der Waals surface area (Å²) in [5.41, 5.74) is -0.530. The van der Waals surface area contributed by atoms with Gasteiger partial charge in [-0.1, -0.05) is 15.9 Å². The molecule has 1 aromatic rings. The lowest BCUT2D eigenvalue weighted by Crippen LogP contribution is -2.48. The van der Waals surface area contributed by atoms with Crippen LogP contribution in [0.2, 0.25) is 0 Å². The number of ether oxygens (including phenoxy) is 2. The molecule has 0 saturated carbocycles. The molecule has 0 radical (unpaired) electrons. The van der Waals surface area contributed by atoms with Crippen molar-refractivity contribution >= 4 is 22.0 Å². The summed E-state index contributed by atoms with van der Waals surface area (Å²) in [6.07, 6.45) is 2.47.